The number of nitrogens with one attached hydrogen (secondary N) is 1. The summed E-state index contributed by atoms with van der Waals surface area (Å²) >= 11 is 1.84. The lowest BCUT2D eigenvalue weighted by Gasteiger charge is -2.16. The van der Waals surface area contributed by atoms with Gasteiger partial charge in [0.05, 0.1) is 13.2 Å². The topological polar surface area (TPSA) is 21.3 Å². The molecule has 0 aliphatic heterocycles. The van der Waals surface area contributed by atoms with Crippen LogP contribution in [0.25, 0.3) is 0 Å². The molecular formula is C15H19NOS. The molecule has 0 fully saturated rings. The Morgan fingerprint density at radius 2 is 1.94 bits per heavy atom. The maximum Gasteiger partial charge on any atom is 0.119 e. The van der Waals surface area contributed by atoms with E-state index >= 15 is 0 Å². The average molecular weight is 261 g/mol. The first-order valence-electron chi connectivity index (χ1n) is 6.07. The number of hydrogen-bond donors (Lipinski definition) is 1. The smallest absolute Gasteiger partial charge is 0.119 e. The lowest BCUT2D eigenvalue weighted by atomic mass is 10.1. The summed E-state index contributed by atoms with van der Waals surface area (Å²) in [6, 6.07) is 10.8. The van der Waals surface area contributed by atoms with E-state index in [0.717, 1.165) is 11.4 Å². The summed E-state index contributed by atoms with van der Waals surface area (Å²) in [5, 5.41) is 3.55. The summed E-state index contributed by atoms with van der Waals surface area (Å²) in [6.07, 6.45) is 0. The van der Waals surface area contributed by atoms with Gasteiger partial charge in [0.25, 0.3) is 0 Å². The van der Waals surface area contributed by atoms with Crippen LogP contribution in [0.1, 0.15) is 28.3 Å². The number of aryl methyl sites for hydroxylation is 2. The highest BCUT2D eigenvalue weighted by Gasteiger charge is 2.09. The van der Waals surface area contributed by atoms with E-state index in [0.29, 0.717) is 6.04 Å². The maximum absolute atomic E-state index is 5.22. The lowest BCUT2D eigenvalue weighted by Crippen LogP contribution is -2.06. The monoisotopic (exact) mass is 261 g/mol. The fourth-order valence-electron chi connectivity index (χ4n) is 1.92. The zero-order valence-electron chi connectivity index (χ0n) is 11.3. The fourth-order valence-corrected chi connectivity index (χ4v) is 2.80. The van der Waals surface area contributed by atoms with Crippen LogP contribution in [0.3, 0.4) is 0 Å². The van der Waals surface area contributed by atoms with Crippen LogP contribution in [-0.2, 0) is 0 Å². The van der Waals surface area contributed by atoms with Crippen molar-refractivity contribution in [3.8, 4) is 5.75 Å². The van der Waals surface area contributed by atoms with Gasteiger partial charge in [-0.2, -0.15) is 0 Å². The number of benzene rings is 1. The van der Waals surface area contributed by atoms with Crippen LogP contribution in [0, 0.1) is 13.8 Å². The molecule has 2 aromatic rings. The molecular weight excluding hydrogens is 242 g/mol. The highest BCUT2D eigenvalue weighted by Crippen LogP contribution is 2.28. The molecule has 1 unspecified atom stereocenters. The molecule has 2 rings (SSSR count). The van der Waals surface area contributed by atoms with Gasteiger partial charge in [0.2, 0.25) is 0 Å². The van der Waals surface area contributed by atoms with Gasteiger partial charge >= 0.3 is 0 Å². The fraction of sp³-hybridized carbons (Fsp3) is 0.333. The van der Waals surface area contributed by atoms with Gasteiger partial charge in [-0.15, -0.1) is 11.3 Å². The minimum absolute atomic E-state index is 0.329. The maximum atomic E-state index is 5.22. The third-order valence-corrected chi connectivity index (χ3v) is 4.18. The molecule has 96 valence electrons. The van der Waals surface area contributed by atoms with Crippen LogP contribution >= 0.6 is 11.3 Å². The molecule has 0 amide bonds. The predicted octanol–water partition coefficient (Wildman–Crippen LogP) is 4.55. The largest absolute Gasteiger partial charge is 0.497 e. The minimum Gasteiger partial charge on any atom is -0.497 e. The quantitative estimate of drug-likeness (QED) is 0.872. The van der Waals surface area contributed by atoms with E-state index < -0.39 is 0 Å². The highest BCUT2D eigenvalue weighted by atomic mass is 32.1. The second-order valence-corrected chi connectivity index (χ2v) is 5.81. The number of thiophene rings is 1. The highest BCUT2D eigenvalue weighted by molar-refractivity contribution is 7.12. The van der Waals surface area contributed by atoms with Crippen LogP contribution in [-0.4, -0.2) is 7.11 Å². The Kier molecular flexibility index (Phi) is 3.92. The van der Waals surface area contributed by atoms with Crippen molar-refractivity contribution in [3.05, 3.63) is 45.6 Å². The zero-order valence-corrected chi connectivity index (χ0v) is 12.1. The second-order valence-electron chi connectivity index (χ2n) is 4.50. The van der Waals surface area contributed by atoms with Crippen LogP contribution in [0.2, 0.25) is 0 Å². The predicted molar refractivity (Wildman–Crippen MR) is 78.8 cm³/mol. The molecule has 1 atom stereocenters. The summed E-state index contributed by atoms with van der Waals surface area (Å²) in [6.45, 7) is 6.42. The Labute approximate surface area is 113 Å². The molecule has 3 heteroatoms. The van der Waals surface area contributed by atoms with Gasteiger partial charge in [0.1, 0.15) is 5.75 Å². The van der Waals surface area contributed by atoms with Gasteiger partial charge in [-0.3, -0.25) is 0 Å². The van der Waals surface area contributed by atoms with Gasteiger partial charge < -0.3 is 10.1 Å². The Morgan fingerprint density at radius 1 is 1.17 bits per heavy atom. The summed E-state index contributed by atoms with van der Waals surface area (Å²) in [5.41, 5.74) is 2.36. The first-order valence-corrected chi connectivity index (χ1v) is 6.89. The van der Waals surface area contributed by atoms with E-state index in [1.54, 1.807) is 7.11 Å². The first-order chi connectivity index (χ1) is 8.60. The SMILES string of the molecule is COc1ccc(NC(C)c2ccc(C)s2)c(C)c1. The Bertz CT molecular complexity index is 533. The third-order valence-electron chi connectivity index (χ3n) is 2.99. The van der Waals surface area contributed by atoms with E-state index in [-0.39, 0.29) is 0 Å². The molecule has 0 saturated carbocycles. The van der Waals surface area contributed by atoms with Crippen molar-refractivity contribution in [1.82, 2.24) is 0 Å². The summed E-state index contributed by atoms with van der Waals surface area (Å²) in [4.78, 5) is 2.72. The van der Waals surface area contributed by atoms with Crippen LogP contribution in [0.5, 0.6) is 5.75 Å². The number of methoxy groups -OCH3 is 1. The van der Waals surface area contributed by atoms with E-state index in [4.69, 9.17) is 4.74 Å². The molecule has 1 heterocycles. The third kappa shape index (κ3) is 2.85. The minimum atomic E-state index is 0.329. The molecule has 0 saturated heterocycles. The van der Waals surface area contributed by atoms with Crippen molar-refractivity contribution in [3.63, 3.8) is 0 Å². The molecule has 0 radical (unpaired) electrons. The first kappa shape index (κ1) is 13.0. The average Bonchev–Trinajstić information content (AvgIpc) is 2.78. The van der Waals surface area contributed by atoms with Gasteiger partial charge in [-0.05, 0) is 56.7 Å². The molecule has 18 heavy (non-hydrogen) atoms. The van der Waals surface area contributed by atoms with Crippen molar-refractivity contribution >= 4 is 17.0 Å². The lowest BCUT2D eigenvalue weighted by molar-refractivity contribution is 0.414. The number of hydrogen-bond acceptors (Lipinski definition) is 3. The van der Waals surface area contributed by atoms with Crippen LogP contribution in [0.4, 0.5) is 5.69 Å². The molecule has 0 aliphatic carbocycles. The molecule has 0 spiro atoms. The van der Waals surface area contributed by atoms with E-state index in [9.17, 15) is 0 Å². The molecule has 1 aromatic carbocycles. The van der Waals surface area contributed by atoms with Gasteiger partial charge in [0.15, 0.2) is 0 Å². The van der Waals surface area contributed by atoms with Crippen molar-refractivity contribution in [2.45, 2.75) is 26.8 Å². The molecule has 2 nitrogen and oxygen atoms in total. The van der Waals surface area contributed by atoms with E-state index in [1.807, 2.05) is 17.4 Å². The molecule has 0 aliphatic rings. The van der Waals surface area contributed by atoms with Crippen molar-refractivity contribution in [1.29, 1.82) is 0 Å². The van der Waals surface area contributed by atoms with E-state index in [1.165, 1.54) is 15.3 Å². The summed E-state index contributed by atoms with van der Waals surface area (Å²) in [5.74, 6) is 0.901. The number of anilines is 1. The Balaban J connectivity index is 2.14. The summed E-state index contributed by atoms with van der Waals surface area (Å²) in [7, 11) is 1.69. The standard InChI is InChI=1S/C15H19NOS/c1-10-9-13(17-4)6-7-14(10)16-12(3)15-8-5-11(2)18-15/h5-9,12,16H,1-4H3. The Hall–Kier alpha value is -1.48. The van der Waals surface area contributed by atoms with Crippen LogP contribution < -0.4 is 10.1 Å². The van der Waals surface area contributed by atoms with Crippen molar-refractivity contribution in [2.75, 3.05) is 12.4 Å². The zero-order chi connectivity index (χ0) is 13.1. The molecule has 1 N–H and O–H groups in total. The van der Waals surface area contributed by atoms with E-state index in [2.05, 4.69) is 50.4 Å². The van der Waals surface area contributed by atoms with Gasteiger partial charge in [-0.1, -0.05) is 0 Å². The second kappa shape index (κ2) is 5.44. The van der Waals surface area contributed by atoms with Crippen molar-refractivity contribution in [2.24, 2.45) is 0 Å². The van der Waals surface area contributed by atoms with Gasteiger partial charge in [0, 0.05) is 15.4 Å². The number of ether oxygens (including phenoxy) is 1. The van der Waals surface area contributed by atoms with Crippen LogP contribution in [0.15, 0.2) is 30.3 Å². The number of rotatable bonds is 4. The Morgan fingerprint density at radius 3 is 2.50 bits per heavy atom. The molecule has 0 bridgehead atoms. The molecule has 1 aromatic heterocycles. The van der Waals surface area contributed by atoms with Gasteiger partial charge in [-0.25, -0.2) is 0 Å². The summed E-state index contributed by atoms with van der Waals surface area (Å²) < 4.78 is 5.22. The van der Waals surface area contributed by atoms with Crippen molar-refractivity contribution < 1.29 is 4.74 Å². The normalized spacial score (nSPS) is 12.2.